The van der Waals surface area contributed by atoms with Crippen LogP contribution in [0.4, 0.5) is 0 Å². The first-order valence-corrected chi connectivity index (χ1v) is 7.24. The minimum atomic E-state index is 0.436. The SMILES string of the molecule is CC(CN)CC(c1ccc2c(c1)CCCO2)N(C)C. The van der Waals surface area contributed by atoms with Crippen LogP contribution in [0.15, 0.2) is 18.2 Å². The molecule has 1 aromatic carbocycles. The maximum absolute atomic E-state index is 5.77. The quantitative estimate of drug-likeness (QED) is 0.886. The van der Waals surface area contributed by atoms with Gasteiger partial charge in [-0.05, 0) is 63.0 Å². The molecule has 0 radical (unpaired) electrons. The zero-order chi connectivity index (χ0) is 13.8. The van der Waals surface area contributed by atoms with Crippen molar-refractivity contribution in [3.63, 3.8) is 0 Å². The van der Waals surface area contributed by atoms with Crippen molar-refractivity contribution in [2.75, 3.05) is 27.2 Å². The summed E-state index contributed by atoms with van der Waals surface area (Å²) in [4.78, 5) is 2.29. The lowest BCUT2D eigenvalue weighted by molar-refractivity contribution is 0.253. The molecule has 1 aromatic rings. The molecule has 106 valence electrons. The smallest absolute Gasteiger partial charge is 0.122 e. The van der Waals surface area contributed by atoms with Crippen LogP contribution in [0.2, 0.25) is 0 Å². The van der Waals surface area contributed by atoms with E-state index in [0.717, 1.165) is 38.2 Å². The highest BCUT2D eigenvalue weighted by Crippen LogP contribution is 2.31. The Balaban J connectivity index is 2.21. The molecule has 0 amide bonds. The lowest BCUT2D eigenvalue weighted by Crippen LogP contribution is -2.25. The Bertz CT molecular complexity index is 417. The molecular formula is C16H26N2O. The molecule has 0 saturated carbocycles. The maximum Gasteiger partial charge on any atom is 0.122 e. The fraction of sp³-hybridized carbons (Fsp3) is 0.625. The van der Waals surface area contributed by atoms with E-state index >= 15 is 0 Å². The number of nitrogens with two attached hydrogens (primary N) is 1. The lowest BCUT2D eigenvalue weighted by atomic mass is 9.92. The molecule has 0 aromatic heterocycles. The first-order chi connectivity index (χ1) is 9.11. The van der Waals surface area contributed by atoms with Crippen LogP contribution < -0.4 is 10.5 Å². The third-order valence-corrected chi connectivity index (χ3v) is 3.97. The van der Waals surface area contributed by atoms with Crippen LogP contribution in [0.5, 0.6) is 5.75 Å². The van der Waals surface area contributed by atoms with Gasteiger partial charge in [-0.15, -0.1) is 0 Å². The molecule has 2 atom stereocenters. The van der Waals surface area contributed by atoms with E-state index in [4.69, 9.17) is 10.5 Å². The Labute approximate surface area is 116 Å². The highest BCUT2D eigenvalue weighted by atomic mass is 16.5. The van der Waals surface area contributed by atoms with E-state index in [1.165, 1.54) is 11.1 Å². The highest BCUT2D eigenvalue weighted by molar-refractivity contribution is 5.39. The van der Waals surface area contributed by atoms with Gasteiger partial charge >= 0.3 is 0 Å². The molecule has 0 saturated heterocycles. The third kappa shape index (κ3) is 3.48. The lowest BCUT2D eigenvalue weighted by Gasteiger charge is -2.28. The average Bonchev–Trinajstić information content (AvgIpc) is 2.43. The van der Waals surface area contributed by atoms with E-state index in [2.05, 4.69) is 44.1 Å². The largest absolute Gasteiger partial charge is 0.493 e. The van der Waals surface area contributed by atoms with Crippen molar-refractivity contribution in [2.45, 2.75) is 32.2 Å². The van der Waals surface area contributed by atoms with Gasteiger partial charge in [0, 0.05) is 6.04 Å². The molecule has 0 fully saturated rings. The summed E-state index contributed by atoms with van der Waals surface area (Å²) in [7, 11) is 4.29. The fourth-order valence-electron chi connectivity index (χ4n) is 2.71. The second-order valence-electron chi connectivity index (χ2n) is 5.88. The van der Waals surface area contributed by atoms with Crippen LogP contribution in [0.3, 0.4) is 0 Å². The number of hydrogen-bond acceptors (Lipinski definition) is 3. The summed E-state index contributed by atoms with van der Waals surface area (Å²) in [5.74, 6) is 1.61. The number of rotatable bonds is 5. The van der Waals surface area contributed by atoms with E-state index in [0.29, 0.717) is 12.0 Å². The minimum Gasteiger partial charge on any atom is -0.493 e. The molecule has 3 heteroatoms. The number of hydrogen-bond donors (Lipinski definition) is 1. The topological polar surface area (TPSA) is 38.5 Å². The number of nitrogens with zero attached hydrogens (tertiary/aromatic N) is 1. The van der Waals surface area contributed by atoms with Gasteiger partial charge in [0.1, 0.15) is 5.75 Å². The summed E-state index contributed by atoms with van der Waals surface area (Å²) in [6.07, 6.45) is 3.36. The Morgan fingerprint density at radius 3 is 2.84 bits per heavy atom. The maximum atomic E-state index is 5.77. The number of benzene rings is 1. The standard InChI is InChI=1S/C16H26N2O/c1-12(11-17)9-15(18(2)3)13-6-7-16-14(10-13)5-4-8-19-16/h6-7,10,12,15H,4-5,8-9,11,17H2,1-3H3. The fourth-order valence-corrected chi connectivity index (χ4v) is 2.71. The summed E-state index contributed by atoms with van der Waals surface area (Å²) >= 11 is 0. The molecule has 3 nitrogen and oxygen atoms in total. The van der Waals surface area contributed by atoms with Gasteiger partial charge in [-0.1, -0.05) is 19.1 Å². The van der Waals surface area contributed by atoms with Crippen LogP contribution in [-0.2, 0) is 6.42 Å². The first kappa shape index (κ1) is 14.4. The molecule has 19 heavy (non-hydrogen) atoms. The second-order valence-corrected chi connectivity index (χ2v) is 5.88. The molecule has 0 spiro atoms. The van der Waals surface area contributed by atoms with Gasteiger partial charge in [-0.3, -0.25) is 0 Å². The molecule has 1 aliphatic heterocycles. The van der Waals surface area contributed by atoms with Gasteiger partial charge in [-0.2, -0.15) is 0 Å². The van der Waals surface area contributed by atoms with Crippen LogP contribution in [0.1, 0.15) is 36.9 Å². The summed E-state index contributed by atoms with van der Waals surface area (Å²) < 4.78 is 5.69. The van der Waals surface area contributed by atoms with E-state index < -0.39 is 0 Å². The molecule has 1 heterocycles. The Morgan fingerprint density at radius 1 is 1.37 bits per heavy atom. The van der Waals surface area contributed by atoms with Crippen molar-refractivity contribution >= 4 is 0 Å². The average molecular weight is 262 g/mol. The van der Waals surface area contributed by atoms with E-state index in [9.17, 15) is 0 Å². The van der Waals surface area contributed by atoms with Crippen molar-refractivity contribution in [1.82, 2.24) is 4.90 Å². The molecule has 0 bridgehead atoms. The molecule has 2 N–H and O–H groups in total. The number of aryl methyl sites for hydroxylation is 1. The van der Waals surface area contributed by atoms with Gasteiger partial charge < -0.3 is 15.4 Å². The Hall–Kier alpha value is -1.06. The second kappa shape index (κ2) is 6.40. The summed E-state index contributed by atoms with van der Waals surface area (Å²) in [6, 6.07) is 7.10. The van der Waals surface area contributed by atoms with Gasteiger partial charge in [-0.25, -0.2) is 0 Å². The Morgan fingerprint density at radius 2 is 2.16 bits per heavy atom. The van der Waals surface area contributed by atoms with Crippen molar-refractivity contribution in [1.29, 1.82) is 0 Å². The normalized spacial score (nSPS) is 17.7. The Kier molecular flexibility index (Phi) is 4.83. The van der Waals surface area contributed by atoms with Crippen LogP contribution in [-0.4, -0.2) is 32.1 Å². The minimum absolute atomic E-state index is 0.436. The monoisotopic (exact) mass is 262 g/mol. The van der Waals surface area contributed by atoms with Crippen molar-refractivity contribution in [3.8, 4) is 5.75 Å². The highest BCUT2D eigenvalue weighted by Gasteiger charge is 2.19. The van der Waals surface area contributed by atoms with Gasteiger partial charge in [0.05, 0.1) is 6.61 Å². The van der Waals surface area contributed by atoms with Crippen LogP contribution in [0, 0.1) is 5.92 Å². The van der Waals surface area contributed by atoms with E-state index in [1.807, 2.05) is 0 Å². The van der Waals surface area contributed by atoms with Crippen LogP contribution in [0.25, 0.3) is 0 Å². The van der Waals surface area contributed by atoms with Crippen LogP contribution >= 0.6 is 0 Å². The summed E-state index contributed by atoms with van der Waals surface area (Å²) in [6.45, 7) is 3.82. The van der Waals surface area contributed by atoms with Crippen molar-refractivity contribution in [2.24, 2.45) is 11.7 Å². The molecule has 1 aliphatic rings. The van der Waals surface area contributed by atoms with E-state index in [-0.39, 0.29) is 0 Å². The first-order valence-electron chi connectivity index (χ1n) is 7.24. The number of ether oxygens (including phenoxy) is 1. The molecule has 0 aliphatic carbocycles. The summed E-state index contributed by atoms with van der Waals surface area (Å²) in [5.41, 5.74) is 8.51. The van der Waals surface area contributed by atoms with Crippen molar-refractivity contribution in [3.05, 3.63) is 29.3 Å². The van der Waals surface area contributed by atoms with E-state index in [1.54, 1.807) is 0 Å². The molecule has 2 unspecified atom stereocenters. The zero-order valence-electron chi connectivity index (χ0n) is 12.4. The predicted molar refractivity (Wildman–Crippen MR) is 79.5 cm³/mol. The van der Waals surface area contributed by atoms with Gasteiger partial charge in [0.2, 0.25) is 0 Å². The van der Waals surface area contributed by atoms with Crippen molar-refractivity contribution < 1.29 is 4.74 Å². The summed E-state index contributed by atoms with van der Waals surface area (Å²) in [5, 5.41) is 0. The molecule has 2 rings (SSSR count). The molecular weight excluding hydrogens is 236 g/mol. The number of fused-ring (bicyclic) bond motifs is 1. The predicted octanol–water partition coefficient (Wildman–Crippen LogP) is 2.60. The van der Waals surface area contributed by atoms with Gasteiger partial charge in [0.15, 0.2) is 0 Å². The van der Waals surface area contributed by atoms with Gasteiger partial charge in [0.25, 0.3) is 0 Å². The third-order valence-electron chi connectivity index (χ3n) is 3.97. The zero-order valence-corrected chi connectivity index (χ0v) is 12.4.